The van der Waals surface area contributed by atoms with Gasteiger partial charge in [-0.3, -0.25) is 9.59 Å². The second-order valence-corrected chi connectivity index (χ2v) is 12.2. The number of sulfonamides is 1. The van der Waals surface area contributed by atoms with Crippen molar-refractivity contribution in [2.75, 3.05) is 23.7 Å². The monoisotopic (exact) mass is 597 g/mol. The van der Waals surface area contributed by atoms with E-state index in [2.05, 4.69) is 37.8 Å². The van der Waals surface area contributed by atoms with Crippen molar-refractivity contribution in [2.24, 2.45) is 0 Å². The highest BCUT2D eigenvalue weighted by Crippen LogP contribution is 2.27. The van der Waals surface area contributed by atoms with Crippen LogP contribution in [0.5, 0.6) is 0 Å². The Labute approximate surface area is 242 Å². The third-order valence-electron chi connectivity index (χ3n) is 5.77. The van der Waals surface area contributed by atoms with E-state index in [1.54, 1.807) is 24.3 Å². The van der Waals surface area contributed by atoms with Crippen LogP contribution in [0.2, 0.25) is 5.02 Å². The zero-order valence-electron chi connectivity index (χ0n) is 21.8. The summed E-state index contributed by atoms with van der Waals surface area (Å²) < 4.78 is 27.4. The van der Waals surface area contributed by atoms with Crippen LogP contribution in [0.15, 0.2) is 77.0 Å². The van der Waals surface area contributed by atoms with Gasteiger partial charge in [-0.15, -0.1) is 0 Å². The molecule has 0 fully saturated rings. The topological polar surface area (TPSA) is 129 Å². The second kappa shape index (κ2) is 13.1. The number of hydrogen-bond acceptors (Lipinski definition) is 8. The molecule has 2 amide bonds. The molecule has 0 spiro atoms. The Hall–Kier alpha value is -3.77. The van der Waals surface area contributed by atoms with Gasteiger partial charge in [0.25, 0.3) is 15.9 Å². The molecule has 0 radical (unpaired) electrons. The lowest BCUT2D eigenvalue weighted by molar-refractivity contribution is -0.114. The summed E-state index contributed by atoms with van der Waals surface area (Å²) in [6.07, 6.45) is 0. The fourth-order valence-corrected chi connectivity index (χ4v) is 6.47. The summed E-state index contributed by atoms with van der Waals surface area (Å²) in [6.45, 7) is 4.83. The van der Waals surface area contributed by atoms with Crippen molar-refractivity contribution in [1.82, 2.24) is 15.0 Å². The van der Waals surface area contributed by atoms with Crippen LogP contribution in [0, 0.1) is 6.92 Å². The number of carbonyl (C=O) groups is 2. The summed E-state index contributed by atoms with van der Waals surface area (Å²) >= 11 is 6.80. The highest BCUT2D eigenvalue weighted by atomic mass is 35.5. The number of hydrogen-bond donors (Lipinski definition) is 4. The van der Waals surface area contributed by atoms with Gasteiger partial charge in [0, 0.05) is 42.8 Å². The molecule has 208 valence electrons. The summed E-state index contributed by atoms with van der Waals surface area (Å²) in [5, 5.41) is 10.0. The number of aryl methyl sites for hydroxylation is 1. The fraction of sp³-hybridized carbons (Fsp3) is 0.179. The Bertz CT molecular complexity index is 1600. The number of rotatable bonds is 11. The molecular formula is C28H28ClN5O4S2. The Morgan fingerprint density at radius 2 is 1.65 bits per heavy atom. The van der Waals surface area contributed by atoms with Crippen LogP contribution in [-0.2, 0) is 21.4 Å². The summed E-state index contributed by atoms with van der Waals surface area (Å²) in [5.74, 6) is -1.13. The average molecular weight is 598 g/mol. The van der Waals surface area contributed by atoms with Gasteiger partial charge in [0.1, 0.15) is 0 Å². The first kappa shape index (κ1) is 29.2. The van der Waals surface area contributed by atoms with Crippen molar-refractivity contribution in [3.05, 3.63) is 94.6 Å². The molecule has 3 aromatic carbocycles. The van der Waals surface area contributed by atoms with E-state index in [4.69, 9.17) is 11.6 Å². The lowest BCUT2D eigenvalue weighted by atomic mass is 10.00. The highest BCUT2D eigenvalue weighted by molar-refractivity contribution is 7.92. The maximum atomic E-state index is 12.7. The van der Waals surface area contributed by atoms with Gasteiger partial charge in [0.05, 0.1) is 5.69 Å². The van der Waals surface area contributed by atoms with Crippen molar-refractivity contribution in [1.29, 1.82) is 0 Å². The number of anilines is 2. The Kier molecular flexibility index (Phi) is 9.54. The van der Waals surface area contributed by atoms with Crippen LogP contribution in [0.25, 0.3) is 11.1 Å². The highest BCUT2D eigenvalue weighted by Gasteiger charge is 2.25. The predicted octanol–water partition coefficient (Wildman–Crippen LogP) is 5.05. The lowest BCUT2D eigenvalue weighted by Crippen LogP contribution is -2.30. The molecule has 0 aliphatic carbocycles. The first-order chi connectivity index (χ1) is 19.1. The number of nitrogens with one attached hydrogen (secondary N) is 4. The average Bonchev–Trinajstić information content (AvgIpc) is 3.29. The van der Waals surface area contributed by atoms with Crippen LogP contribution >= 0.6 is 22.9 Å². The van der Waals surface area contributed by atoms with Crippen LogP contribution in [0.1, 0.15) is 28.5 Å². The summed E-state index contributed by atoms with van der Waals surface area (Å²) in [6, 6.07) is 22.5. The Morgan fingerprint density at radius 3 is 2.35 bits per heavy atom. The SMILES string of the molecule is CC(=O)Nc1nc(C)c(S(=O)(=O)NC(=O)c2ccc(NCCNCc3ccccc3-c3ccc(Cl)cc3)cc2)s1. The first-order valence-corrected chi connectivity index (χ1v) is 15.0. The molecule has 9 nitrogen and oxygen atoms in total. The van der Waals surface area contributed by atoms with Crippen molar-refractivity contribution in [2.45, 2.75) is 24.6 Å². The molecule has 0 aliphatic heterocycles. The largest absolute Gasteiger partial charge is 0.384 e. The van der Waals surface area contributed by atoms with E-state index in [1.165, 1.54) is 19.4 Å². The van der Waals surface area contributed by atoms with E-state index in [0.29, 0.717) is 24.7 Å². The van der Waals surface area contributed by atoms with Gasteiger partial charge in [-0.2, -0.15) is 0 Å². The van der Waals surface area contributed by atoms with Gasteiger partial charge in [-0.1, -0.05) is 59.3 Å². The third-order valence-corrected chi connectivity index (χ3v) is 9.04. The Balaban J connectivity index is 1.27. The van der Waals surface area contributed by atoms with Crippen molar-refractivity contribution in [3.8, 4) is 11.1 Å². The minimum absolute atomic E-state index is 0.133. The summed E-state index contributed by atoms with van der Waals surface area (Å²) in [5.41, 5.74) is 4.60. The molecule has 4 N–H and O–H groups in total. The molecule has 1 heterocycles. The fourth-order valence-electron chi connectivity index (χ4n) is 3.91. The van der Waals surface area contributed by atoms with Gasteiger partial charge < -0.3 is 16.0 Å². The number of halogens is 1. The molecule has 40 heavy (non-hydrogen) atoms. The van der Waals surface area contributed by atoms with Gasteiger partial charge in [0.15, 0.2) is 9.34 Å². The van der Waals surface area contributed by atoms with Crippen LogP contribution in [0.4, 0.5) is 10.8 Å². The molecule has 4 rings (SSSR count). The number of amides is 2. The number of carbonyl (C=O) groups excluding carboxylic acids is 2. The van der Waals surface area contributed by atoms with E-state index < -0.39 is 15.9 Å². The van der Waals surface area contributed by atoms with Crippen molar-refractivity contribution < 1.29 is 18.0 Å². The Morgan fingerprint density at radius 1 is 0.950 bits per heavy atom. The summed E-state index contributed by atoms with van der Waals surface area (Å²) in [7, 11) is -4.15. The number of thiazole rings is 1. The standard InChI is InChI=1S/C28H28ClN5O4S2/c1-18-27(39-28(32-18)33-19(2)35)40(37,38)34-26(36)21-9-13-24(14-10-21)31-16-15-30-17-22-5-3-4-6-25(22)20-7-11-23(29)12-8-20/h3-14,30-31H,15-17H2,1-2H3,(H,34,36)(H,32,33,35). The maximum absolute atomic E-state index is 12.7. The predicted molar refractivity (Wildman–Crippen MR) is 159 cm³/mol. The van der Waals surface area contributed by atoms with E-state index in [1.807, 2.05) is 36.4 Å². The normalized spacial score (nSPS) is 11.2. The zero-order chi connectivity index (χ0) is 28.7. The molecule has 12 heteroatoms. The van der Waals surface area contributed by atoms with E-state index in [9.17, 15) is 18.0 Å². The molecule has 0 atom stereocenters. The molecule has 0 saturated carbocycles. The maximum Gasteiger partial charge on any atom is 0.275 e. The quantitative estimate of drug-likeness (QED) is 0.178. The van der Waals surface area contributed by atoms with Crippen LogP contribution in [0.3, 0.4) is 0 Å². The smallest absolute Gasteiger partial charge is 0.275 e. The molecule has 4 aromatic rings. The van der Waals surface area contributed by atoms with E-state index >= 15 is 0 Å². The second-order valence-electron chi connectivity index (χ2n) is 8.85. The van der Waals surface area contributed by atoms with Crippen molar-refractivity contribution in [3.63, 3.8) is 0 Å². The molecular weight excluding hydrogens is 570 g/mol. The van der Waals surface area contributed by atoms with Crippen LogP contribution < -0.4 is 20.7 Å². The van der Waals surface area contributed by atoms with E-state index in [-0.39, 0.29) is 26.5 Å². The minimum Gasteiger partial charge on any atom is -0.384 e. The molecule has 0 saturated heterocycles. The van der Waals surface area contributed by atoms with Crippen molar-refractivity contribution >= 4 is 55.6 Å². The number of nitrogens with zero attached hydrogens (tertiary/aromatic N) is 1. The number of aromatic nitrogens is 1. The van der Waals surface area contributed by atoms with Gasteiger partial charge in [-0.25, -0.2) is 18.1 Å². The lowest BCUT2D eigenvalue weighted by Gasteiger charge is -2.12. The van der Waals surface area contributed by atoms with Gasteiger partial charge in [-0.05, 0) is 60.0 Å². The number of benzene rings is 3. The van der Waals surface area contributed by atoms with Crippen LogP contribution in [-0.4, -0.2) is 38.3 Å². The van der Waals surface area contributed by atoms with Gasteiger partial charge in [0.2, 0.25) is 5.91 Å². The minimum atomic E-state index is -4.15. The first-order valence-electron chi connectivity index (χ1n) is 12.3. The third kappa shape index (κ3) is 7.66. The summed E-state index contributed by atoms with van der Waals surface area (Å²) in [4.78, 5) is 27.9. The molecule has 0 aliphatic rings. The zero-order valence-corrected chi connectivity index (χ0v) is 24.2. The van der Waals surface area contributed by atoms with E-state index in [0.717, 1.165) is 28.2 Å². The molecule has 0 bridgehead atoms. The van der Waals surface area contributed by atoms with Gasteiger partial charge >= 0.3 is 0 Å². The molecule has 0 unspecified atom stereocenters. The molecule has 1 aromatic heterocycles.